The number of nitrogens with one attached hydrogen (secondary N) is 1. The van der Waals surface area contributed by atoms with E-state index in [-0.39, 0.29) is 6.61 Å². The molecule has 3 rings (SSSR count). The molecule has 2 heterocycles. The Balaban J connectivity index is 2.10. The van der Waals surface area contributed by atoms with Gasteiger partial charge in [0, 0.05) is 30.0 Å². The highest BCUT2D eigenvalue weighted by Crippen LogP contribution is 2.28. The SMILES string of the molecule is O=CNc1nnc2cc(-c3ccncc3)ccc2c1CCCO. The largest absolute Gasteiger partial charge is 0.396 e. The van der Waals surface area contributed by atoms with Crippen LogP contribution in [-0.2, 0) is 11.2 Å². The lowest BCUT2D eigenvalue weighted by molar-refractivity contribution is -0.105. The topological polar surface area (TPSA) is 88.0 Å². The number of nitrogens with zero attached hydrogens (tertiary/aromatic N) is 3. The zero-order chi connectivity index (χ0) is 16.1. The summed E-state index contributed by atoms with van der Waals surface area (Å²) in [5.74, 6) is 0.442. The van der Waals surface area contributed by atoms with E-state index < -0.39 is 0 Å². The molecule has 0 fully saturated rings. The molecule has 0 unspecified atom stereocenters. The van der Waals surface area contributed by atoms with Crippen LogP contribution in [0.2, 0.25) is 0 Å². The Labute approximate surface area is 133 Å². The van der Waals surface area contributed by atoms with Crippen molar-refractivity contribution in [2.75, 3.05) is 11.9 Å². The third-order valence-electron chi connectivity index (χ3n) is 3.66. The van der Waals surface area contributed by atoms with Gasteiger partial charge in [-0.05, 0) is 42.2 Å². The maximum absolute atomic E-state index is 10.7. The van der Waals surface area contributed by atoms with Crippen molar-refractivity contribution >= 4 is 23.1 Å². The van der Waals surface area contributed by atoms with E-state index in [4.69, 9.17) is 5.11 Å². The molecule has 116 valence electrons. The van der Waals surface area contributed by atoms with Crippen molar-refractivity contribution in [3.8, 4) is 11.1 Å². The van der Waals surface area contributed by atoms with Crippen LogP contribution in [0.3, 0.4) is 0 Å². The molecule has 0 radical (unpaired) electrons. The molecule has 1 aromatic carbocycles. The number of hydrogen-bond donors (Lipinski definition) is 2. The lowest BCUT2D eigenvalue weighted by atomic mass is 10.0. The average molecular weight is 308 g/mol. The number of aliphatic hydroxyl groups is 1. The second-order valence-corrected chi connectivity index (χ2v) is 5.08. The molecule has 0 saturated carbocycles. The highest BCUT2D eigenvalue weighted by atomic mass is 16.2. The Bertz CT molecular complexity index is 821. The van der Waals surface area contributed by atoms with Gasteiger partial charge in [0.05, 0.1) is 5.52 Å². The van der Waals surface area contributed by atoms with E-state index in [0.29, 0.717) is 25.1 Å². The quantitative estimate of drug-likeness (QED) is 0.681. The molecule has 6 heteroatoms. The molecule has 6 nitrogen and oxygen atoms in total. The number of hydrogen-bond acceptors (Lipinski definition) is 5. The molecule has 0 spiro atoms. The summed E-state index contributed by atoms with van der Waals surface area (Å²) in [6.07, 6.45) is 5.29. The van der Waals surface area contributed by atoms with Crippen LogP contribution in [0.25, 0.3) is 22.0 Å². The summed E-state index contributed by atoms with van der Waals surface area (Å²) in [5, 5.41) is 20.9. The van der Waals surface area contributed by atoms with Crippen molar-refractivity contribution in [3.63, 3.8) is 0 Å². The monoisotopic (exact) mass is 308 g/mol. The number of pyridine rings is 1. The van der Waals surface area contributed by atoms with Crippen molar-refractivity contribution in [1.82, 2.24) is 15.2 Å². The predicted octanol–water partition coefficient (Wildman–Crippen LogP) is 2.19. The molecule has 0 saturated heterocycles. The van der Waals surface area contributed by atoms with Crippen LogP contribution in [0.5, 0.6) is 0 Å². The van der Waals surface area contributed by atoms with Crippen LogP contribution in [0, 0.1) is 0 Å². The van der Waals surface area contributed by atoms with Gasteiger partial charge in [-0.25, -0.2) is 0 Å². The number of carbonyl (C=O) groups is 1. The normalized spacial score (nSPS) is 10.7. The number of anilines is 1. The fourth-order valence-corrected chi connectivity index (χ4v) is 2.57. The molecule has 0 aliphatic carbocycles. The molecule has 2 aromatic heterocycles. The van der Waals surface area contributed by atoms with E-state index in [1.807, 2.05) is 30.3 Å². The van der Waals surface area contributed by atoms with Gasteiger partial charge in [-0.15, -0.1) is 10.2 Å². The molecule has 3 aromatic rings. The van der Waals surface area contributed by atoms with Crippen LogP contribution in [0.4, 0.5) is 5.82 Å². The van der Waals surface area contributed by atoms with E-state index in [1.54, 1.807) is 12.4 Å². The Morgan fingerprint density at radius 1 is 1.09 bits per heavy atom. The van der Waals surface area contributed by atoms with Crippen molar-refractivity contribution in [3.05, 3.63) is 48.3 Å². The maximum Gasteiger partial charge on any atom is 0.212 e. The third-order valence-corrected chi connectivity index (χ3v) is 3.66. The first-order valence-corrected chi connectivity index (χ1v) is 7.34. The molecule has 0 atom stereocenters. The van der Waals surface area contributed by atoms with Gasteiger partial charge in [0.25, 0.3) is 0 Å². The molecule has 0 bridgehead atoms. The molecule has 1 amide bonds. The van der Waals surface area contributed by atoms with Gasteiger partial charge in [0.2, 0.25) is 6.41 Å². The Morgan fingerprint density at radius 3 is 2.65 bits per heavy atom. The van der Waals surface area contributed by atoms with E-state index in [0.717, 1.165) is 27.6 Å². The number of fused-ring (bicyclic) bond motifs is 1. The predicted molar refractivity (Wildman–Crippen MR) is 87.9 cm³/mol. The van der Waals surface area contributed by atoms with Crippen molar-refractivity contribution < 1.29 is 9.90 Å². The van der Waals surface area contributed by atoms with Crippen molar-refractivity contribution in [2.45, 2.75) is 12.8 Å². The minimum absolute atomic E-state index is 0.0828. The first kappa shape index (κ1) is 15.1. The molecular weight excluding hydrogens is 292 g/mol. The summed E-state index contributed by atoms with van der Waals surface area (Å²) in [7, 11) is 0. The maximum atomic E-state index is 10.7. The van der Waals surface area contributed by atoms with E-state index in [1.165, 1.54) is 0 Å². The first-order valence-electron chi connectivity index (χ1n) is 7.34. The summed E-state index contributed by atoms with van der Waals surface area (Å²) >= 11 is 0. The summed E-state index contributed by atoms with van der Waals surface area (Å²) in [6, 6.07) is 9.81. The molecule has 0 aliphatic rings. The van der Waals surface area contributed by atoms with Gasteiger partial charge in [0.1, 0.15) is 0 Å². The molecule has 2 N–H and O–H groups in total. The smallest absolute Gasteiger partial charge is 0.212 e. The van der Waals surface area contributed by atoms with Crippen molar-refractivity contribution in [1.29, 1.82) is 0 Å². The third kappa shape index (κ3) is 3.17. The molecule has 0 aliphatic heterocycles. The lowest BCUT2D eigenvalue weighted by Crippen LogP contribution is -2.05. The number of rotatable bonds is 6. The van der Waals surface area contributed by atoms with Crippen molar-refractivity contribution in [2.24, 2.45) is 0 Å². The number of carbonyl (C=O) groups excluding carboxylic acids is 1. The molecule has 23 heavy (non-hydrogen) atoms. The summed E-state index contributed by atoms with van der Waals surface area (Å²) in [4.78, 5) is 14.8. The van der Waals surface area contributed by atoms with Crippen LogP contribution < -0.4 is 5.32 Å². The standard InChI is InChI=1S/C17H16N4O2/c22-9-1-2-15-14-4-3-13(12-5-7-18-8-6-12)10-16(14)20-21-17(15)19-11-23/h3-8,10-11,22H,1-2,9H2,(H,19,21,23). The van der Waals surface area contributed by atoms with Gasteiger partial charge in [-0.1, -0.05) is 12.1 Å². The highest BCUT2D eigenvalue weighted by molar-refractivity contribution is 5.90. The van der Waals surface area contributed by atoms with E-state index in [9.17, 15) is 4.79 Å². The fourth-order valence-electron chi connectivity index (χ4n) is 2.57. The second-order valence-electron chi connectivity index (χ2n) is 5.08. The summed E-state index contributed by atoms with van der Waals surface area (Å²) in [6.45, 7) is 0.0828. The second kappa shape index (κ2) is 6.93. The van der Waals surface area contributed by atoms with E-state index >= 15 is 0 Å². The lowest BCUT2D eigenvalue weighted by Gasteiger charge is -2.11. The first-order chi connectivity index (χ1) is 11.3. The van der Waals surface area contributed by atoms with Gasteiger partial charge in [-0.3, -0.25) is 9.78 Å². The summed E-state index contributed by atoms with van der Waals surface area (Å²) < 4.78 is 0. The minimum Gasteiger partial charge on any atom is -0.396 e. The number of benzene rings is 1. The van der Waals surface area contributed by atoms with Crippen LogP contribution >= 0.6 is 0 Å². The fraction of sp³-hybridized carbons (Fsp3) is 0.176. The Hall–Kier alpha value is -2.86. The Morgan fingerprint density at radius 2 is 1.91 bits per heavy atom. The molecular formula is C17H16N4O2. The zero-order valence-electron chi connectivity index (χ0n) is 12.4. The van der Waals surface area contributed by atoms with Crippen LogP contribution in [0.15, 0.2) is 42.7 Å². The van der Waals surface area contributed by atoms with Gasteiger partial charge >= 0.3 is 0 Å². The number of aryl methyl sites for hydroxylation is 1. The number of amides is 1. The summed E-state index contributed by atoms with van der Waals surface area (Å²) in [5.41, 5.74) is 3.72. The Kier molecular flexibility index (Phi) is 4.54. The zero-order valence-corrected chi connectivity index (χ0v) is 12.4. The van der Waals surface area contributed by atoms with Crippen LogP contribution in [0.1, 0.15) is 12.0 Å². The van der Waals surface area contributed by atoms with Gasteiger partial charge in [0.15, 0.2) is 5.82 Å². The van der Waals surface area contributed by atoms with Gasteiger partial charge in [-0.2, -0.15) is 0 Å². The van der Waals surface area contributed by atoms with Crippen LogP contribution in [-0.4, -0.2) is 33.3 Å². The van der Waals surface area contributed by atoms with Gasteiger partial charge < -0.3 is 10.4 Å². The number of aliphatic hydroxyl groups excluding tert-OH is 1. The van der Waals surface area contributed by atoms with E-state index in [2.05, 4.69) is 20.5 Å². The average Bonchev–Trinajstić information content (AvgIpc) is 2.61. The highest BCUT2D eigenvalue weighted by Gasteiger charge is 2.11. The number of aromatic nitrogens is 3. The minimum atomic E-state index is 0.0828.